The number of aliphatic hydroxyl groups is 1. The standard InChI is InChI=1S/C12H8Cl3NO/c13-8-4-5-10(16-11(8)6-17)7-2-1-3-9(14)12(7)15/h1-5,17H,6H2. The molecular weight excluding hydrogens is 280 g/mol. The van der Waals surface area contributed by atoms with Crippen molar-refractivity contribution in [3.8, 4) is 11.3 Å². The first-order valence-corrected chi connectivity index (χ1v) is 5.97. The van der Waals surface area contributed by atoms with Gasteiger partial charge in [0.25, 0.3) is 0 Å². The van der Waals surface area contributed by atoms with E-state index in [0.29, 0.717) is 32.0 Å². The molecule has 0 spiro atoms. The topological polar surface area (TPSA) is 33.1 Å². The van der Waals surface area contributed by atoms with Crippen LogP contribution in [0.3, 0.4) is 0 Å². The first-order valence-electron chi connectivity index (χ1n) is 4.84. The largest absolute Gasteiger partial charge is 0.390 e. The maximum absolute atomic E-state index is 9.11. The van der Waals surface area contributed by atoms with E-state index in [1.807, 2.05) is 6.07 Å². The molecule has 1 aromatic carbocycles. The van der Waals surface area contributed by atoms with E-state index in [1.165, 1.54) is 0 Å². The van der Waals surface area contributed by atoms with Gasteiger partial charge in [0.15, 0.2) is 0 Å². The number of aliphatic hydroxyl groups excluding tert-OH is 1. The molecule has 0 fully saturated rings. The van der Waals surface area contributed by atoms with Gasteiger partial charge in [-0.2, -0.15) is 0 Å². The minimum atomic E-state index is -0.217. The molecule has 1 aromatic heterocycles. The van der Waals surface area contributed by atoms with Crippen molar-refractivity contribution in [1.82, 2.24) is 4.98 Å². The zero-order valence-electron chi connectivity index (χ0n) is 8.62. The van der Waals surface area contributed by atoms with Gasteiger partial charge in [0.1, 0.15) is 0 Å². The van der Waals surface area contributed by atoms with Crippen LogP contribution in [0.2, 0.25) is 15.1 Å². The molecule has 0 bridgehead atoms. The quantitative estimate of drug-likeness (QED) is 0.898. The first-order chi connectivity index (χ1) is 8.13. The second kappa shape index (κ2) is 5.23. The van der Waals surface area contributed by atoms with E-state index < -0.39 is 0 Å². The third-order valence-electron chi connectivity index (χ3n) is 2.30. The van der Waals surface area contributed by atoms with E-state index >= 15 is 0 Å². The SMILES string of the molecule is OCc1nc(-c2cccc(Cl)c2Cl)ccc1Cl. The molecule has 0 unspecified atom stereocenters. The van der Waals surface area contributed by atoms with Crippen molar-refractivity contribution in [2.75, 3.05) is 0 Å². The molecule has 0 amide bonds. The van der Waals surface area contributed by atoms with Gasteiger partial charge in [-0.1, -0.05) is 46.9 Å². The third kappa shape index (κ3) is 2.55. The van der Waals surface area contributed by atoms with Crippen LogP contribution in [0, 0.1) is 0 Å². The molecule has 0 aliphatic carbocycles. The highest BCUT2D eigenvalue weighted by Crippen LogP contribution is 2.33. The van der Waals surface area contributed by atoms with Gasteiger partial charge in [-0.3, -0.25) is 0 Å². The van der Waals surface area contributed by atoms with Gasteiger partial charge in [0.2, 0.25) is 0 Å². The van der Waals surface area contributed by atoms with Crippen molar-refractivity contribution in [3.05, 3.63) is 51.1 Å². The maximum atomic E-state index is 9.11. The number of halogens is 3. The van der Waals surface area contributed by atoms with Gasteiger partial charge in [-0.05, 0) is 18.2 Å². The summed E-state index contributed by atoms with van der Waals surface area (Å²) in [5.74, 6) is 0. The smallest absolute Gasteiger partial charge is 0.0868 e. The van der Waals surface area contributed by atoms with Crippen molar-refractivity contribution in [1.29, 1.82) is 0 Å². The summed E-state index contributed by atoms with van der Waals surface area (Å²) in [5.41, 5.74) is 1.76. The number of rotatable bonds is 2. The highest BCUT2D eigenvalue weighted by atomic mass is 35.5. The monoisotopic (exact) mass is 287 g/mol. The summed E-state index contributed by atoms with van der Waals surface area (Å²) in [7, 11) is 0. The normalized spacial score (nSPS) is 10.6. The summed E-state index contributed by atoms with van der Waals surface area (Å²) < 4.78 is 0. The van der Waals surface area contributed by atoms with Crippen LogP contribution < -0.4 is 0 Å². The molecule has 2 rings (SSSR count). The van der Waals surface area contributed by atoms with E-state index in [-0.39, 0.29) is 6.61 Å². The Hall–Kier alpha value is -0.800. The van der Waals surface area contributed by atoms with Gasteiger partial charge in [-0.25, -0.2) is 4.98 Å². The number of pyridine rings is 1. The Labute approximate surface area is 114 Å². The average Bonchev–Trinajstić information content (AvgIpc) is 2.34. The molecule has 0 aliphatic rings. The van der Waals surface area contributed by atoms with E-state index in [4.69, 9.17) is 39.9 Å². The molecule has 88 valence electrons. The molecule has 2 nitrogen and oxygen atoms in total. The van der Waals surface area contributed by atoms with Crippen molar-refractivity contribution < 1.29 is 5.11 Å². The van der Waals surface area contributed by atoms with Crippen LogP contribution >= 0.6 is 34.8 Å². The summed E-state index contributed by atoms with van der Waals surface area (Å²) in [6.07, 6.45) is 0. The summed E-state index contributed by atoms with van der Waals surface area (Å²) in [4.78, 5) is 4.24. The molecule has 0 atom stereocenters. The molecule has 0 aliphatic heterocycles. The minimum Gasteiger partial charge on any atom is -0.390 e. The fourth-order valence-electron chi connectivity index (χ4n) is 1.45. The zero-order valence-corrected chi connectivity index (χ0v) is 10.9. The molecule has 1 N–H and O–H groups in total. The van der Waals surface area contributed by atoms with Gasteiger partial charge in [-0.15, -0.1) is 0 Å². The van der Waals surface area contributed by atoms with Crippen molar-refractivity contribution >= 4 is 34.8 Å². The molecule has 2 aromatic rings. The van der Waals surface area contributed by atoms with E-state index in [9.17, 15) is 0 Å². The third-order valence-corrected chi connectivity index (χ3v) is 3.46. The number of nitrogens with zero attached hydrogens (tertiary/aromatic N) is 1. The predicted octanol–water partition coefficient (Wildman–Crippen LogP) is 4.20. The lowest BCUT2D eigenvalue weighted by molar-refractivity contribution is 0.277. The second-order valence-corrected chi connectivity index (χ2v) is 4.58. The minimum absolute atomic E-state index is 0.217. The van der Waals surface area contributed by atoms with Crippen LogP contribution in [-0.2, 0) is 6.61 Å². The number of hydrogen-bond acceptors (Lipinski definition) is 2. The van der Waals surface area contributed by atoms with Crippen molar-refractivity contribution in [2.24, 2.45) is 0 Å². The van der Waals surface area contributed by atoms with Gasteiger partial charge >= 0.3 is 0 Å². The molecule has 1 heterocycles. The molecular formula is C12H8Cl3NO. The number of hydrogen-bond donors (Lipinski definition) is 1. The number of benzene rings is 1. The molecule has 5 heteroatoms. The summed E-state index contributed by atoms with van der Waals surface area (Å²) >= 11 is 17.9. The van der Waals surface area contributed by atoms with Crippen molar-refractivity contribution in [3.63, 3.8) is 0 Å². The highest BCUT2D eigenvalue weighted by molar-refractivity contribution is 6.43. The fourth-order valence-corrected chi connectivity index (χ4v) is 2.01. The van der Waals surface area contributed by atoms with Crippen molar-refractivity contribution in [2.45, 2.75) is 6.61 Å². The Morgan fingerprint density at radius 2 is 1.76 bits per heavy atom. The molecule has 17 heavy (non-hydrogen) atoms. The number of aromatic nitrogens is 1. The average molecular weight is 289 g/mol. The lowest BCUT2D eigenvalue weighted by Gasteiger charge is -2.07. The van der Waals surface area contributed by atoms with E-state index in [1.54, 1.807) is 24.3 Å². The second-order valence-electron chi connectivity index (χ2n) is 3.38. The van der Waals surface area contributed by atoms with Crippen LogP contribution in [0.25, 0.3) is 11.3 Å². The van der Waals surface area contributed by atoms with E-state index in [0.717, 1.165) is 0 Å². The molecule has 0 saturated carbocycles. The lowest BCUT2D eigenvalue weighted by atomic mass is 10.1. The highest BCUT2D eigenvalue weighted by Gasteiger charge is 2.10. The molecule has 0 radical (unpaired) electrons. The Morgan fingerprint density at radius 3 is 2.47 bits per heavy atom. The fraction of sp³-hybridized carbons (Fsp3) is 0.0833. The lowest BCUT2D eigenvalue weighted by Crippen LogP contribution is -1.93. The van der Waals surface area contributed by atoms with Gasteiger partial charge in [0, 0.05) is 5.56 Å². The summed E-state index contributed by atoms with van der Waals surface area (Å²) in [5, 5.41) is 10.4. The summed E-state index contributed by atoms with van der Waals surface area (Å²) in [6, 6.07) is 8.71. The van der Waals surface area contributed by atoms with Crippen LogP contribution in [0.1, 0.15) is 5.69 Å². The van der Waals surface area contributed by atoms with Gasteiger partial charge in [0.05, 0.1) is 33.1 Å². The van der Waals surface area contributed by atoms with Gasteiger partial charge < -0.3 is 5.11 Å². The van der Waals surface area contributed by atoms with Crippen LogP contribution in [0.15, 0.2) is 30.3 Å². The Kier molecular flexibility index (Phi) is 3.89. The Morgan fingerprint density at radius 1 is 1.00 bits per heavy atom. The maximum Gasteiger partial charge on any atom is 0.0868 e. The Bertz CT molecular complexity index is 557. The van der Waals surface area contributed by atoms with Crippen LogP contribution in [-0.4, -0.2) is 10.1 Å². The van der Waals surface area contributed by atoms with Crippen LogP contribution in [0.5, 0.6) is 0 Å². The molecule has 0 saturated heterocycles. The first kappa shape index (κ1) is 12.7. The van der Waals surface area contributed by atoms with Crippen LogP contribution in [0.4, 0.5) is 0 Å². The summed E-state index contributed by atoms with van der Waals surface area (Å²) in [6.45, 7) is -0.217. The predicted molar refractivity (Wildman–Crippen MR) is 70.6 cm³/mol. The van der Waals surface area contributed by atoms with E-state index in [2.05, 4.69) is 4.98 Å². The zero-order chi connectivity index (χ0) is 12.4. The Balaban J connectivity index is 2.57.